The highest BCUT2D eigenvalue weighted by Gasteiger charge is 2.15. The van der Waals surface area contributed by atoms with Crippen molar-refractivity contribution in [1.29, 1.82) is 0 Å². The second-order valence-electron chi connectivity index (χ2n) is 3.24. The Morgan fingerprint density at radius 3 is 2.80 bits per heavy atom. The quantitative estimate of drug-likeness (QED) is 0.565. The van der Waals surface area contributed by atoms with E-state index in [2.05, 4.69) is 22.7 Å². The van der Waals surface area contributed by atoms with Gasteiger partial charge in [-0.05, 0) is 13.8 Å². The molecule has 0 fully saturated rings. The molecule has 5 nitrogen and oxygen atoms in total. The average Bonchev–Trinajstić information content (AvgIpc) is 2.58. The van der Waals surface area contributed by atoms with Crippen LogP contribution in [0.3, 0.4) is 0 Å². The van der Waals surface area contributed by atoms with E-state index >= 15 is 0 Å². The normalized spacial score (nSPS) is 10.9. The van der Waals surface area contributed by atoms with E-state index in [0.717, 1.165) is 11.3 Å². The fourth-order valence-corrected chi connectivity index (χ4v) is 1.63. The fraction of sp³-hybridized carbons (Fsp3) is 0.222. The molecule has 0 spiro atoms. The summed E-state index contributed by atoms with van der Waals surface area (Å²) in [4.78, 5) is 15.1. The number of fused-ring (bicyclic) bond motifs is 1. The first-order valence-corrected chi connectivity index (χ1v) is 4.74. The molecule has 1 N–H and O–H groups in total. The Balaban J connectivity index is 2.89. The van der Waals surface area contributed by atoms with Crippen LogP contribution >= 0.6 is 12.6 Å². The number of carbonyl (C=O) groups is 1. The van der Waals surface area contributed by atoms with Gasteiger partial charge in [0.05, 0.1) is 6.20 Å². The molecule has 0 aliphatic carbocycles. The Morgan fingerprint density at radius 2 is 2.20 bits per heavy atom. The van der Waals surface area contributed by atoms with Crippen LogP contribution in [0, 0.1) is 13.8 Å². The molecule has 2 aromatic rings. The van der Waals surface area contributed by atoms with Crippen molar-refractivity contribution in [3.05, 3.63) is 23.0 Å². The number of aromatic nitrogens is 3. The van der Waals surface area contributed by atoms with Gasteiger partial charge in [-0.1, -0.05) is 0 Å². The van der Waals surface area contributed by atoms with Gasteiger partial charge in [-0.3, -0.25) is 0 Å². The van der Waals surface area contributed by atoms with Crippen LogP contribution in [-0.4, -0.2) is 25.7 Å². The number of thiol groups is 1. The minimum absolute atomic E-state index is 0.0911. The summed E-state index contributed by atoms with van der Waals surface area (Å²) in [5.74, 6) is -1.03. The maximum atomic E-state index is 10.9. The van der Waals surface area contributed by atoms with Crippen LogP contribution in [0.25, 0.3) is 5.65 Å². The lowest BCUT2D eigenvalue weighted by Crippen LogP contribution is -2.02. The third-order valence-electron chi connectivity index (χ3n) is 2.33. The molecule has 0 atom stereocenters. The summed E-state index contributed by atoms with van der Waals surface area (Å²) in [7, 11) is 0. The molecular formula is C9H9N3O2S. The molecule has 0 saturated heterocycles. The Morgan fingerprint density at radius 1 is 1.53 bits per heavy atom. The highest BCUT2D eigenvalue weighted by molar-refractivity contribution is 7.80. The minimum atomic E-state index is -1.03. The Kier molecular flexibility index (Phi) is 2.15. The number of hydrogen-bond donors (Lipinski definition) is 2. The van der Waals surface area contributed by atoms with Crippen LogP contribution in [0.4, 0.5) is 0 Å². The van der Waals surface area contributed by atoms with Crippen molar-refractivity contribution in [2.75, 3.05) is 0 Å². The number of carboxylic acids is 1. The molecule has 15 heavy (non-hydrogen) atoms. The highest BCUT2D eigenvalue weighted by Crippen LogP contribution is 2.19. The molecule has 78 valence electrons. The summed E-state index contributed by atoms with van der Waals surface area (Å²) in [6.07, 6.45) is 1.28. The SMILES string of the molecule is Cc1nc2c(C(=O)O)cnn2c(S)c1C. The van der Waals surface area contributed by atoms with Gasteiger partial charge >= 0.3 is 5.97 Å². The number of hydrogen-bond acceptors (Lipinski definition) is 4. The number of rotatable bonds is 1. The summed E-state index contributed by atoms with van der Waals surface area (Å²) in [6.45, 7) is 3.68. The van der Waals surface area contributed by atoms with E-state index in [1.165, 1.54) is 10.7 Å². The molecule has 0 unspecified atom stereocenters. The molecule has 6 heteroatoms. The van der Waals surface area contributed by atoms with E-state index in [-0.39, 0.29) is 5.56 Å². The van der Waals surface area contributed by atoms with Gasteiger partial charge in [0.1, 0.15) is 10.6 Å². The monoisotopic (exact) mass is 223 g/mol. The van der Waals surface area contributed by atoms with Crippen molar-refractivity contribution in [2.45, 2.75) is 18.9 Å². The molecule has 0 radical (unpaired) electrons. The second kappa shape index (κ2) is 3.23. The average molecular weight is 223 g/mol. The molecule has 0 saturated carbocycles. The van der Waals surface area contributed by atoms with Crippen LogP contribution in [-0.2, 0) is 0 Å². The first-order valence-electron chi connectivity index (χ1n) is 4.29. The number of nitrogens with zero attached hydrogens (tertiary/aromatic N) is 3. The van der Waals surface area contributed by atoms with E-state index in [4.69, 9.17) is 5.11 Å². The lowest BCUT2D eigenvalue weighted by molar-refractivity contribution is 0.0698. The molecule has 2 rings (SSSR count). The van der Waals surface area contributed by atoms with Crippen molar-refractivity contribution in [2.24, 2.45) is 0 Å². The summed E-state index contributed by atoms with van der Waals surface area (Å²) >= 11 is 4.28. The maximum Gasteiger partial charge on any atom is 0.341 e. The lowest BCUT2D eigenvalue weighted by Gasteiger charge is -2.05. The van der Waals surface area contributed by atoms with Gasteiger partial charge in [0.2, 0.25) is 0 Å². The van der Waals surface area contributed by atoms with Gasteiger partial charge in [0.25, 0.3) is 0 Å². The zero-order chi connectivity index (χ0) is 11.2. The summed E-state index contributed by atoms with van der Waals surface area (Å²) < 4.78 is 1.43. The third kappa shape index (κ3) is 1.37. The van der Waals surface area contributed by atoms with Crippen molar-refractivity contribution < 1.29 is 9.90 Å². The second-order valence-corrected chi connectivity index (χ2v) is 3.67. The first kappa shape index (κ1) is 9.97. The minimum Gasteiger partial charge on any atom is -0.477 e. The van der Waals surface area contributed by atoms with Gasteiger partial charge in [0.15, 0.2) is 5.65 Å². The van der Waals surface area contributed by atoms with E-state index in [1.54, 1.807) is 0 Å². The fourth-order valence-electron chi connectivity index (χ4n) is 1.32. The van der Waals surface area contributed by atoms with Gasteiger partial charge in [-0.15, -0.1) is 12.6 Å². The number of carboxylic acid groups (broad SMARTS) is 1. The van der Waals surface area contributed by atoms with Crippen LogP contribution < -0.4 is 0 Å². The van der Waals surface area contributed by atoms with Crippen molar-refractivity contribution in [1.82, 2.24) is 14.6 Å². The topological polar surface area (TPSA) is 67.5 Å². The Hall–Kier alpha value is -1.56. The largest absolute Gasteiger partial charge is 0.477 e. The standard InChI is InChI=1S/C9H9N3O2S/c1-4-5(2)11-7-6(9(13)14)3-10-12(7)8(4)15/h3,15H,1-2H3,(H,13,14). The number of aromatic carboxylic acids is 1. The predicted molar refractivity (Wildman–Crippen MR) is 56.7 cm³/mol. The van der Waals surface area contributed by atoms with E-state index in [9.17, 15) is 4.79 Å². The Labute approximate surface area is 91.2 Å². The van der Waals surface area contributed by atoms with E-state index in [0.29, 0.717) is 10.7 Å². The van der Waals surface area contributed by atoms with Gasteiger partial charge in [-0.25, -0.2) is 14.3 Å². The molecule has 2 aromatic heterocycles. The number of aryl methyl sites for hydroxylation is 1. The van der Waals surface area contributed by atoms with Crippen LogP contribution in [0.5, 0.6) is 0 Å². The van der Waals surface area contributed by atoms with E-state index in [1.807, 2.05) is 13.8 Å². The summed E-state index contributed by atoms with van der Waals surface area (Å²) in [5, 5.41) is 13.5. The molecule has 0 aliphatic rings. The Bertz CT molecular complexity index is 562. The van der Waals surface area contributed by atoms with Gasteiger partial charge in [0, 0.05) is 11.3 Å². The maximum absolute atomic E-state index is 10.9. The van der Waals surface area contributed by atoms with Crippen molar-refractivity contribution >= 4 is 24.2 Å². The predicted octanol–water partition coefficient (Wildman–Crippen LogP) is 1.33. The molecule has 0 aromatic carbocycles. The van der Waals surface area contributed by atoms with E-state index < -0.39 is 5.97 Å². The zero-order valence-corrected chi connectivity index (χ0v) is 9.12. The third-order valence-corrected chi connectivity index (χ3v) is 2.85. The summed E-state index contributed by atoms with van der Waals surface area (Å²) in [6, 6.07) is 0. The molecule has 2 heterocycles. The van der Waals surface area contributed by atoms with Crippen molar-refractivity contribution in [3.63, 3.8) is 0 Å². The smallest absolute Gasteiger partial charge is 0.341 e. The molecule has 0 bridgehead atoms. The lowest BCUT2D eigenvalue weighted by atomic mass is 10.2. The van der Waals surface area contributed by atoms with Crippen LogP contribution in [0.2, 0.25) is 0 Å². The molecule has 0 amide bonds. The molecule has 0 aliphatic heterocycles. The van der Waals surface area contributed by atoms with Crippen LogP contribution in [0.15, 0.2) is 11.2 Å². The zero-order valence-electron chi connectivity index (χ0n) is 8.22. The van der Waals surface area contributed by atoms with Crippen LogP contribution in [0.1, 0.15) is 21.6 Å². The van der Waals surface area contributed by atoms with Gasteiger partial charge in [-0.2, -0.15) is 5.10 Å². The molecular weight excluding hydrogens is 214 g/mol. The summed E-state index contributed by atoms with van der Waals surface area (Å²) in [5.41, 5.74) is 2.07. The van der Waals surface area contributed by atoms with Gasteiger partial charge < -0.3 is 5.11 Å². The highest BCUT2D eigenvalue weighted by atomic mass is 32.1. The van der Waals surface area contributed by atoms with Crippen molar-refractivity contribution in [3.8, 4) is 0 Å². The first-order chi connectivity index (χ1) is 7.02.